The molecule has 0 bridgehead atoms. The number of phenolic OH excluding ortho intramolecular Hbond substituents is 1. The average Bonchev–Trinajstić information content (AvgIpc) is 2.95. The Kier molecular flexibility index (Phi) is 7.42. The lowest BCUT2D eigenvalue weighted by molar-refractivity contribution is -0.148. The van der Waals surface area contributed by atoms with Gasteiger partial charge in [0, 0.05) is 36.8 Å². The molecule has 0 saturated carbocycles. The molecule has 2 aromatic carbocycles. The van der Waals surface area contributed by atoms with Crippen LogP contribution in [0.2, 0.25) is 0 Å². The van der Waals surface area contributed by atoms with Gasteiger partial charge >= 0.3 is 0 Å². The molecule has 5 rings (SSSR count). The third-order valence-corrected chi connectivity index (χ3v) is 8.78. The van der Waals surface area contributed by atoms with E-state index in [1.807, 2.05) is 0 Å². The van der Waals surface area contributed by atoms with Crippen LogP contribution < -0.4 is 20.7 Å². The fourth-order valence-electron chi connectivity index (χ4n) is 6.73. The molecule has 2 unspecified atom stereocenters. The van der Waals surface area contributed by atoms with Crippen molar-refractivity contribution >= 4 is 34.8 Å². The van der Waals surface area contributed by atoms with E-state index in [1.165, 1.54) is 30.2 Å². The van der Waals surface area contributed by atoms with Crippen LogP contribution in [0.5, 0.6) is 11.5 Å². The maximum atomic E-state index is 14.1. The number of amides is 2. The molecular formula is C31H34N4O9. The van der Waals surface area contributed by atoms with E-state index in [4.69, 9.17) is 10.5 Å². The number of phenols is 1. The van der Waals surface area contributed by atoms with Gasteiger partial charge in [-0.15, -0.1) is 0 Å². The summed E-state index contributed by atoms with van der Waals surface area (Å²) in [4.78, 5) is 56.1. The number of fused-ring (bicyclic) bond motifs is 3. The zero-order chi connectivity index (χ0) is 32.4. The molecule has 44 heavy (non-hydrogen) atoms. The highest BCUT2D eigenvalue weighted by Crippen LogP contribution is 2.54. The quantitative estimate of drug-likeness (QED) is 0.205. The van der Waals surface area contributed by atoms with Gasteiger partial charge < -0.3 is 41.1 Å². The van der Waals surface area contributed by atoms with Gasteiger partial charge in [-0.2, -0.15) is 0 Å². The average molecular weight is 607 g/mol. The summed E-state index contributed by atoms with van der Waals surface area (Å²) >= 11 is 0. The lowest BCUT2D eigenvalue weighted by Gasteiger charge is -2.50. The van der Waals surface area contributed by atoms with Gasteiger partial charge in [0.2, 0.25) is 5.78 Å². The molecule has 13 nitrogen and oxygen atoms in total. The number of rotatable bonds is 6. The monoisotopic (exact) mass is 606 g/mol. The van der Waals surface area contributed by atoms with Crippen molar-refractivity contribution in [3.8, 4) is 11.5 Å². The van der Waals surface area contributed by atoms with Crippen LogP contribution in [0.1, 0.15) is 32.7 Å². The molecule has 3 aliphatic rings. The number of primary amides is 1. The highest BCUT2D eigenvalue weighted by Gasteiger charge is 2.63. The van der Waals surface area contributed by atoms with Crippen molar-refractivity contribution in [3.63, 3.8) is 0 Å². The standard InChI is InChI=1S/C31H34N4O9/c1-34(2)19-12-18(33-30(42)13-6-8-15(44-5)9-7-13)24(36)21-16(19)10-14-11-17-23(35(3)4)26(38)22(29(32)41)28(40)31(17,43)27(39)20(14)25(21)37/h6-9,12,14,17,23,36,38-39,43H,10-11H2,1-5H3,(H2,32,41)(H,33,42)/t14?,17?,23-,31-/m0/s1. The number of allylic oxidation sites excluding steroid dienone is 1. The molecule has 0 fully saturated rings. The number of methoxy groups -OCH3 is 1. The van der Waals surface area contributed by atoms with Crippen molar-refractivity contribution in [3.05, 3.63) is 69.7 Å². The Bertz CT molecular complexity index is 1680. The third-order valence-electron chi connectivity index (χ3n) is 8.78. The van der Waals surface area contributed by atoms with E-state index < -0.39 is 69.7 Å². The highest BCUT2D eigenvalue weighted by molar-refractivity contribution is 6.25. The SMILES string of the molecule is COc1ccc(C(=O)Nc2cc(N(C)C)c3c(c2O)C(=O)C2=C(O)[C@]4(O)C(=O)C(C(N)=O)=C(O)[C@@H](N(C)C)C4CC2C3)cc1. The first-order valence-corrected chi connectivity index (χ1v) is 13.8. The van der Waals surface area contributed by atoms with E-state index in [2.05, 4.69) is 5.32 Å². The first kappa shape index (κ1) is 30.6. The smallest absolute Gasteiger partial charge is 0.255 e. The predicted molar refractivity (Wildman–Crippen MR) is 159 cm³/mol. The molecule has 232 valence electrons. The number of ketones is 2. The minimum absolute atomic E-state index is 0.0324. The molecule has 3 aliphatic carbocycles. The number of Topliss-reactive ketones (excluding diaryl/α,β-unsaturated/α-hetero) is 2. The van der Waals surface area contributed by atoms with Gasteiger partial charge in [-0.1, -0.05) is 0 Å². The Morgan fingerprint density at radius 2 is 1.70 bits per heavy atom. The molecule has 0 aromatic heterocycles. The minimum Gasteiger partial charge on any atom is -0.510 e. The second-order valence-corrected chi connectivity index (χ2v) is 11.7. The largest absolute Gasteiger partial charge is 0.510 e. The molecule has 0 radical (unpaired) electrons. The maximum absolute atomic E-state index is 14.1. The van der Waals surface area contributed by atoms with Crippen molar-refractivity contribution in [2.24, 2.45) is 17.6 Å². The van der Waals surface area contributed by atoms with Crippen LogP contribution in [-0.4, -0.2) is 95.7 Å². The number of anilines is 2. The number of carbonyl (C=O) groups excluding carboxylic acids is 4. The van der Waals surface area contributed by atoms with Crippen molar-refractivity contribution in [2.45, 2.75) is 24.5 Å². The zero-order valence-corrected chi connectivity index (χ0v) is 24.8. The molecule has 0 heterocycles. The van der Waals surface area contributed by atoms with E-state index >= 15 is 0 Å². The number of benzene rings is 2. The van der Waals surface area contributed by atoms with Gasteiger partial charge in [-0.3, -0.25) is 24.1 Å². The van der Waals surface area contributed by atoms with Gasteiger partial charge in [0.1, 0.15) is 22.8 Å². The number of carbonyl (C=O) groups is 4. The van der Waals surface area contributed by atoms with Gasteiger partial charge in [0.25, 0.3) is 11.8 Å². The summed E-state index contributed by atoms with van der Waals surface area (Å²) in [6.45, 7) is 0. The Morgan fingerprint density at radius 1 is 1.07 bits per heavy atom. The van der Waals surface area contributed by atoms with Crippen LogP contribution in [0.4, 0.5) is 11.4 Å². The van der Waals surface area contributed by atoms with Crippen molar-refractivity contribution in [1.82, 2.24) is 4.90 Å². The Morgan fingerprint density at radius 3 is 2.25 bits per heavy atom. The second kappa shape index (κ2) is 10.7. The molecule has 2 aromatic rings. The van der Waals surface area contributed by atoms with Crippen LogP contribution in [-0.2, 0) is 16.0 Å². The van der Waals surface area contributed by atoms with Crippen molar-refractivity contribution in [2.75, 3.05) is 45.5 Å². The number of likely N-dealkylation sites (N-methyl/N-ethyl adjacent to an activating group) is 1. The number of hydrogen-bond acceptors (Lipinski definition) is 11. The van der Waals surface area contributed by atoms with Gasteiger partial charge in [-0.25, -0.2) is 0 Å². The van der Waals surface area contributed by atoms with Crippen LogP contribution in [0.15, 0.2) is 53.0 Å². The fraction of sp³-hybridized carbons (Fsp3) is 0.355. The van der Waals surface area contributed by atoms with Gasteiger partial charge in [0.05, 0.1) is 24.4 Å². The number of aromatic hydroxyl groups is 1. The second-order valence-electron chi connectivity index (χ2n) is 11.7. The van der Waals surface area contributed by atoms with Gasteiger partial charge in [-0.05, 0) is 68.8 Å². The minimum atomic E-state index is -2.75. The zero-order valence-electron chi connectivity index (χ0n) is 24.8. The molecule has 2 amide bonds. The number of nitrogens with zero attached hydrogens (tertiary/aromatic N) is 2. The number of aliphatic hydroxyl groups is 3. The molecule has 4 atom stereocenters. The Balaban J connectivity index is 1.65. The molecule has 0 saturated heterocycles. The topological polar surface area (TPSA) is 203 Å². The van der Waals surface area contributed by atoms with E-state index in [-0.39, 0.29) is 35.2 Å². The summed E-state index contributed by atoms with van der Waals surface area (Å²) in [6, 6.07) is 6.71. The maximum Gasteiger partial charge on any atom is 0.255 e. The first-order valence-electron chi connectivity index (χ1n) is 13.8. The lowest BCUT2D eigenvalue weighted by atomic mass is 9.58. The summed E-state index contributed by atoms with van der Waals surface area (Å²) in [7, 11) is 8.08. The summed E-state index contributed by atoms with van der Waals surface area (Å²) in [5.41, 5.74) is 2.41. The molecule has 7 N–H and O–H groups in total. The number of hydrogen-bond donors (Lipinski definition) is 6. The fourth-order valence-corrected chi connectivity index (χ4v) is 6.73. The molecule has 13 heteroatoms. The van der Waals surface area contributed by atoms with Crippen molar-refractivity contribution in [1.29, 1.82) is 0 Å². The van der Waals surface area contributed by atoms with E-state index in [0.717, 1.165) is 0 Å². The van der Waals surface area contributed by atoms with E-state index in [1.54, 1.807) is 45.2 Å². The number of nitrogens with one attached hydrogen (secondary N) is 1. The Labute approximate surface area is 252 Å². The summed E-state index contributed by atoms with van der Waals surface area (Å²) in [5, 5.41) is 48.2. The number of aliphatic hydroxyl groups excluding tert-OH is 2. The van der Waals surface area contributed by atoms with Crippen LogP contribution in [0.3, 0.4) is 0 Å². The summed E-state index contributed by atoms with van der Waals surface area (Å²) < 4.78 is 5.12. The number of nitrogens with two attached hydrogens (primary N) is 1. The lowest BCUT2D eigenvalue weighted by Crippen LogP contribution is -2.63. The molecule has 0 spiro atoms. The Hall–Kier alpha value is -4.88. The predicted octanol–water partition coefficient (Wildman–Crippen LogP) is 1.45. The van der Waals surface area contributed by atoms with E-state index in [9.17, 15) is 39.6 Å². The van der Waals surface area contributed by atoms with Gasteiger partial charge in [0.15, 0.2) is 17.1 Å². The third kappa shape index (κ3) is 4.38. The van der Waals surface area contributed by atoms with Crippen LogP contribution in [0.25, 0.3) is 0 Å². The molecule has 0 aliphatic heterocycles. The molecular weight excluding hydrogens is 572 g/mol. The first-order chi connectivity index (χ1) is 20.6. The van der Waals surface area contributed by atoms with Crippen LogP contribution >= 0.6 is 0 Å². The summed E-state index contributed by atoms with van der Waals surface area (Å²) in [5.74, 6) is -7.49. The highest BCUT2D eigenvalue weighted by atomic mass is 16.5. The normalized spacial score (nSPS) is 24.5. The van der Waals surface area contributed by atoms with Crippen LogP contribution in [0, 0.1) is 11.8 Å². The summed E-state index contributed by atoms with van der Waals surface area (Å²) in [6.07, 6.45) is 0.0810. The van der Waals surface area contributed by atoms with E-state index in [0.29, 0.717) is 17.0 Å². The number of ether oxygens (including phenoxy) is 1. The van der Waals surface area contributed by atoms with Crippen molar-refractivity contribution < 1.29 is 44.3 Å².